The molecule has 0 radical (unpaired) electrons. The molecule has 2 N–H and O–H groups in total. The van der Waals surface area contributed by atoms with Crippen LogP contribution >= 0.6 is 22.9 Å². The molecule has 4 nitrogen and oxygen atoms in total. The van der Waals surface area contributed by atoms with Gasteiger partial charge in [0.05, 0.1) is 22.9 Å². The maximum atomic E-state index is 10.9. The number of thiazole rings is 1. The van der Waals surface area contributed by atoms with Gasteiger partial charge in [0.1, 0.15) is 0 Å². The van der Waals surface area contributed by atoms with Crippen molar-refractivity contribution < 1.29 is 4.79 Å². The number of benzene rings is 1. The SMILES string of the molecule is CC(=O)Nc1nc(CNc2c(C)cccc2Cl)cs1. The van der Waals surface area contributed by atoms with Gasteiger partial charge in [0.15, 0.2) is 5.13 Å². The maximum Gasteiger partial charge on any atom is 0.223 e. The van der Waals surface area contributed by atoms with Gasteiger partial charge in [0, 0.05) is 12.3 Å². The van der Waals surface area contributed by atoms with Crippen LogP contribution in [0.2, 0.25) is 5.02 Å². The number of hydrogen-bond donors (Lipinski definition) is 2. The molecule has 1 aromatic heterocycles. The molecule has 0 bridgehead atoms. The van der Waals surface area contributed by atoms with Crippen molar-refractivity contribution in [1.29, 1.82) is 0 Å². The fourth-order valence-electron chi connectivity index (χ4n) is 1.63. The molecule has 1 amide bonds. The Morgan fingerprint density at radius 2 is 2.26 bits per heavy atom. The number of nitrogens with one attached hydrogen (secondary N) is 2. The Bertz CT molecular complexity index is 577. The molecule has 2 aromatic rings. The lowest BCUT2D eigenvalue weighted by molar-refractivity contribution is -0.114. The van der Waals surface area contributed by atoms with Crippen molar-refractivity contribution in [1.82, 2.24) is 4.98 Å². The minimum atomic E-state index is -0.115. The predicted octanol–water partition coefficient (Wildman–Crippen LogP) is 3.68. The molecule has 0 fully saturated rings. The largest absolute Gasteiger partial charge is 0.378 e. The van der Waals surface area contributed by atoms with E-state index in [0.29, 0.717) is 16.7 Å². The summed E-state index contributed by atoms with van der Waals surface area (Å²) in [7, 11) is 0. The predicted molar refractivity (Wildman–Crippen MR) is 79.9 cm³/mol. The molecule has 0 aliphatic rings. The molecule has 0 unspecified atom stereocenters. The third-order valence-electron chi connectivity index (χ3n) is 2.50. The first-order chi connectivity index (χ1) is 9.06. The smallest absolute Gasteiger partial charge is 0.223 e. The summed E-state index contributed by atoms with van der Waals surface area (Å²) in [6, 6.07) is 5.76. The van der Waals surface area contributed by atoms with E-state index in [-0.39, 0.29) is 5.91 Å². The van der Waals surface area contributed by atoms with Gasteiger partial charge in [-0.2, -0.15) is 0 Å². The third-order valence-corrected chi connectivity index (χ3v) is 3.62. The van der Waals surface area contributed by atoms with E-state index in [0.717, 1.165) is 16.9 Å². The van der Waals surface area contributed by atoms with Crippen LogP contribution < -0.4 is 10.6 Å². The van der Waals surface area contributed by atoms with E-state index in [1.54, 1.807) is 0 Å². The van der Waals surface area contributed by atoms with Gasteiger partial charge in [-0.25, -0.2) is 4.98 Å². The number of anilines is 2. The first-order valence-corrected chi connectivity index (χ1v) is 7.03. The number of hydrogen-bond acceptors (Lipinski definition) is 4. The van der Waals surface area contributed by atoms with Crippen molar-refractivity contribution in [3.63, 3.8) is 0 Å². The first-order valence-electron chi connectivity index (χ1n) is 5.77. The van der Waals surface area contributed by atoms with Crippen LogP contribution in [0.5, 0.6) is 0 Å². The number of rotatable bonds is 4. The molecular weight excluding hydrogens is 282 g/mol. The number of amides is 1. The van der Waals surface area contributed by atoms with Crippen LogP contribution in [0.15, 0.2) is 23.6 Å². The van der Waals surface area contributed by atoms with Crippen LogP contribution in [0, 0.1) is 6.92 Å². The maximum absolute atomic E-state index is 10.9. The zero-order valence-corrected chi connectivity index (χ0v) is 12.2. The lowest BCUT2D eigenvalue weighted by Crippen LogP contribution is -2.06. The van der Waals surface area contributed by atoms with Crippen LogP contribution in [-0.2, 0) is 11.3 Å². The normalized spacial score (nSPS) is 10.3. The van der Waals surface area contributed by atoms with E-state index in [1.807, 2.05) is 30.5 Å². The molecule has 0 saturated heterocycles. The van der Waals surface area contributed by atoms with Crippen molar-refractivity contribution in [2.45, 2.75) is 20.4 Å². The summed E-state index contributed by atoms with van der Waals surface area (Å²) in [4.78, 5) is 15.2. The number of nitrogens with zero attached hydrogens (tertiary/aromatic N) is 1. The molecule has 0 aliphatic carbocycles. The van der Waals surface area contributed by atoms with E-state index in [4.69, 9.17) is 11.6 Å². The topological polar surface area (TPSA) is 54.0 Å². The van der Waals surface area contributed by atoms with E-state index >= 15 is 0 Å². The van der Waals surface area contributed by atoms with Gasteiger partial charge in [0.25, 0.3) is 0 Å². The molecule has 100 valence electrons. The van der Waals surface area contributed by atoms with Crippen molar-refractivity contribution in [2.75, 3.05) is 10.6 Å². The molecule has 1 aromatic carbocycles. The van der Waals surface area contributed by atoms with E-state index in [1.165, 1.54) is 18.3 Å². The van der Waals surface area contributed by atoms with Gasteiger partial charge in [-0.1, -0.05) is 23.7 Å². The molecule has 6 heteroatoms. The molecule has 0 saturated carbocycles. The van der Waals surface area contributed by atoms with Gasteiger partial charge >= 0.3 is 0 Å². The molecular formula is C13H14ClN3OS. The average Bonchev–Trinajstić information content (AvgIpc) is 2.75. The highest BCUT2D eigenvalue weighted by Crippen LogP contribution is 2.26. The van der Waals surface area contributed by atoms with E-state index in [9.17, 15) is 4.79 Å². The van der Waals surface area contributed by atoms with Crippen molar-refractivity contribution in [3.05, 3.63) is 39.9 Å². The summed E-state index contributed by atoms with van der Waals surface area (Å²) in [6.45, 7) is 4.03. The highest BCUT2D eigenvalue weighted by molar-refractivity contribution is 7.13. The van der Waals surface area contributed by atoms with Gasteiger partial charge in [-0.15, -0.1) is 11.3 Å². The van der Waals surface area contributed by atoms with Gasteiger partial charge in [0.2, 0.25) is 5.91 Å². The lowest BCUT2D eigenvalue weighted by Gasteiger charge is -2.09. The third kappa shape index (κ3) is 3.68. The Kier molecular flexibility index (Phi) is 4.39. The summed E-state index contributed by atoms with van der Waals surface area (Å²) in [5.74, 6) is -0.115. The lowest BCUT2D eigenvalue weighted by atomic mass is 10.2. The van der Waals surface area contributed by atoms with E-state index < -0.39 is 0 Å². The average molecular weight is 296 g/mol. The van der Waals surface area contributed by atoms with Crippen molar-refractivity contribution in [2.24, 2.45) is 0 Å². The molecule has 2 rings (SSSR count). The zero-order chi connectivity index (χ0) is 13.8. The molecule has 0 spiro atoms. The number of aryl methyl sites for hydroxylation is 1. The highest BCUT2D eigenvalue weighted by Gasteiger charge is 2.06. The Balaban J connectivity index is 2.02. The van der Waals surface area contributed by atoms with Crippen LogP contribution in [-0.4, -0.2) is 10.9 Å². The fourth-order valence-corrected chi connectivity index (χ4v) is 2.68. The fraction of sp³-hybridized carbons (Fsp3) is 0.231. The summed E-state index contributed by atoms with van der Waals surface area (Å²) >= 11 is 7.54. The standard InChI is InChI=1S/C13H14ClN3OS/c1-8-4-3-5-11(14)12(8)15-6-10-7-19-13(17-10)16-9(2)18/h3-5,7,15H,6H2,1-2H3,(H,16,17,18). The highest BCUT2D eigenvalue weighted by atomic mass is 35.5. The Morgan fingerprint density at radius 1 is 1.47 bits per heavy atom. The minimum absolute atomic E-state index is 0.115. The second kappa shape index (κ2) is 6.04. The zero-order valence-electron chi connectivity index (χ0n) is 10.7. The second-order valence-corrected chi connectivity index (χ2v) is 5.38. The number of halogens is 1. The summed E-state index contributed by atoms with van der Waals surface area (Å²) in [5, 5.41) is 9.13. The number of para-hydroxylation sites is 1. The van der Waals surface area contributed by atoms with Crippen LogP contribution in [0.4, 0.5) is 10.8 Å². The van der Waals surface area contributed by atoms with Crippen LogP contribution in [0.3, 0.4) is 0 Å². The number of carbonyl (C=O) groups is 1. The summed E-state index contributed by atoms with van der Waals surface area (Å²) < 4.78 is 0. The molecule has 0 aliphatic heterocycles. The second-order valence-electron chi connectivity index (χ2n) is 4.11. The number of aromatic nitrogens is 1. The van der Waals surface area contributed by atoms with Crippen LogP contribution in [0.25, 0.3) is 0 Å². The summed E-state index contributed by atoms with van der Waals surface area (Å²) in [5.41, 5.74) is 2.87. The minimum Gasteiger partial charge on any atom is -0.378 e. The Hall–Kier alpha value is -1.59. The molecule has 1 heterocycles. The van der Waals surface area contributed by atoms with Crippen LogP contribution in [0.1, 0.15) is 18.2 Å². The van der Waals surface area contributed by atoms with Gasteiger partial charge in [-0.3, -0.25) is 4.79 Å². The summed E-state index contributed by atoms with van der Waals surface area (Å²) in [6.07, 6.45) is 0. The van der Waals surface area contributed by atoms with Gasteiger partial charge in [-0.05, 0) is 18.6 Å². The Labute approximate surface area is 120 Å². The van der Waals surface area contributed by atoms with E-state index in [2.05, 4.69) is 15.6 Å². The Morgan fingerprint density at radius 3 is 2.95 bits per heavy atom. The quantitative estimate of drug-likeness (QED) is 0.905. The van der Waals surface area contributed by atoms with Gasteiger partial charge < -0.3 is 10.6 Å². The van der Waals surface area contributed by atoms with Crippen molar-refractivity contribution in [3.8, 4) is 0 Å². The monoisotopic (exact) mass is 295 g/mol. The number of carbonyl (C=O) groups excluding carboxylic acids is 1. The molecule has 19 heavy (non-hydrogen) atoms. The van der Waals surface area contributed by atoms with Crippen molar-refractivity contribution >= 4 is 39.7 Å². The molecule has 0 atom stereocenters. The first kappa shape index (κ1) is 13.8.